The van der Waals surface area contributed by atoms with Gasteiger partial charge in [0.1, 0.15) is 12.1 Å². The molecule has 0 amide bonds. The molecule has 1 aliphatic rings. The molecule has 0 spiro atoms. The first-order chi connectivity index (χ1) is 16.4. The van der Waals surface area contributed by atoms with Gasteiger partial charge < -0.3 is 15.2 Å². The van der Waals surface area contributed by atoms with Crippen LogP contribution in [0.2, 0.25) is 0 Å². The van der Waals surface area contributed by atoms with Gasteiger partial charge in [-0.3, -0.25) is 14.5 Å². The predicted molar refractivity (Wildman–Crippen MR) is 129 cm³/mol. The molecule has 1 aliphatic carbocycles. The van der Waals surface area contributed by atoms with Gasteiger partial charge in [-0.2, -0.15) is 0 Å². The topological polar surface area (TPSA) is 98.9 Å². The normalized spacial score (nSPS) is 14.9. The zero-order chi connectivity index (χ0) is 24.5. The lowest BCUT2D eigenvalue weighted by Gasteiger charge is -2.34. The monoisotopic (exact) mass is 466 g/mol. The van der Waals surface area contributed by atoms with E-state index in [1.54, 1.807) is 0 Å². The Morgan fingerprint density at radius 3 is 2.21 bits per heavy atom. The van der Waals surface area contributed by atoms with Gasteiger partial charge >= 0.3 is 17.9 Å². The highest BCUT2D eigenvalue weighted by Crippen LogP contribution is 2.28. The van der Waals surface area contributed by atoms with E-state index >= 15 is 0 Å². The van der Waals surface area contributed by atoms with Gasteiger partial charge in [0.2, 0.25) is 0 Å². The zero-order valence-electron chi connectivity index (χ0n) is 19.9. The molecule has 2 aromatic rings. The number of unbranched alkanes of at least 4 members (excludes halogenated alkanes) is 1. The van der Waals surface area contributed by atoms with Crippen LogP contribution in [-0.4, -0.2) is 54.1 Å². The second-order valence-electron chi connectivity index (χ2n) is 8.81. The van der Waals surface area contributed by atoms with Crippen molar-refractivity contribution in [1.29, 1.82) is 0 Å². The lowest BCUT2D eigenvalue weighted by atomic mass is 10.0. The van der Waals surface area contributed by atoms with Crippen LogP contribution in [0.3, 0.4) is 0 Å². The molecule has 0 aliphatic heterocycles. The van der Waals surface area contributed by atoms with Crippen LogP contribution in [0.4, 0.5) is 0 Å². The van der Waals surface area contributed by atoms with E-state index in [0.717, 1.165) is 18.4 Å². The standard InChI is InChI=1S/C27H34N2O5/c1-3-4-14-33-27(32)24(15-20-10-6-5-7-11-20)29(18-25(30)34-26(31)19(2)28)23-16-21-12-8-9-13-22(21)17-23/h5-13,19,23-24H,3-4,14-18,28H2,1-2H3/t19-,24?/m0/s1. The van der Waals surface area contributed by atoms with Crippen molar-refractivity contribution in [3.8, 4) is 0 Å². The number of rotatable bonds is 11. The molecule has 2 atom stereocenters. The van der Waals surface area contributed by atoms with Crippen LogP contribution in [0.25, 0.3) is 0 Å². The molecular weight excluding hydrogens is 432 g/mol. The minimum absolute atomic E-state index is 0.109. The molecule has 7 heteroatoms. The minimum atomic E-state index is -0.910. The van der Waals surface area contributed by atoms with E-state index in [1.165, 1.54) is 18.1 Å². The first-order valence-electron chi connectivity index (χ1n) is 11.9. The molecule has 0 fully saturated rings. The number of nitrogens with two attached hydrogens (primary N) is 1. The third-order valence-electron chi connectivity index (χ3n) is 6.08. The van der Waals surface area contributed by atoms with Gasteiger partial charge in [-0.1, -0.05) is 67.9 Å². The van der Waals surface area contributed by atoms with Crippen LogP contribution in [0.15, 0.2) is 54.6 Å². The van der Waals surface area contributed by atoms with Crippen molar-refractivity contribution in [1.82, 2.24) is 4.90 Å². The molecule has 0 bridgehead atoms. The van der Waals surface area contributed by atoms with Crippen LogP contribution in [0.1, 0.15) is 43.4 Å². The zero-order valence-corrected chi connectivity index (χ0v) is 19.9. The minimum Gasteiger partial charge on any atom is -0.465 e. The number of hydrogen-bond acceptors (Lipinski definition) is 7. The highest BCUT2D eigenvalue weighted by atomic mass is 16.6. The molecule has 0 saturated carbocycles. The fourth-order valence-corrected chi connectivity index (χ4v) is 4.24. The highest BCUT2D eigenvalue weighted by molar-refractivity contribution is 5.89. The van der Waals surface area contributed by atoms with Gasteiger partial charge in [0.15, 0.2) is 0 Å². The SMILES string of the molecule is CCCCOC(=O)C(Cc1ccccc1)N(CC(=O)OC(=O)[C@H](C)N)C1Cc2ccccc2C1. The van der Waals surface area contributed by atoms with Crippen molar-refractivity contribution in [2.24, 2.45) is 5.73 Å². The van der Waals surface area contributed by atoms with E-state index in [-0.39, 0.29) is 18.6 Å². The predicted octanol–water partition coefficient (Wildman–Crippen LogP) is 2.83. The number of fused-ring (bicyclic) bond motifs is 1. The maximum Gasteiger partial charge on any atom is 0.330 e. The number of nitrogens with zero attached hydrogens (tertiary/aromatic N) is 1. The summed E-state index contributed by atoms with van der Waals surface area (Å²) in [4.78, 5) is 39.8. The van der Waals surface area contributed by atoms with Crippen molar-refractivity contribution >= 4 is 17.9 Å². The smallest absolute Gasteiger partial charge is 0.330 e. The summed E-state index contributed by atoms with van der Waals surface area (Å²) in [5.74, 6) is -1.89. The second kappa shape index (κ2) is 12.4. The number of benzene rings is 2. The van der Waals surface area contributed by atoms with E-state index in [9.17, 15) is 14.4 Å². The average molecular weight is 467 g/mol. The van der Waals surface area contributed by atoms with Crippen LogP contribution in [0.5, 0.6) is 0 Å². The molecule has 0 saturated heterocycles. The van der Waals surface area contributed by atoms with Crippen LogP contribution < -0.4 is 5.73 Å². The number of carbonyl (C=O) groups is 3. The molecule has 182 valence electrons. The molecule has 2 N–H and O–H groups in total. The van der Waals surface area contributed by atoms with E-state index in [2.05, 4.69) is 12.1 Å². The van der Waals surface area contributed by atoms with Crippen molar-refractivity contribution in [3.63, 3.8) is 0 Å². The average Bonchev–Trinajstić information content (AvgIpc) is 3.26. The van der Waals surface area contributed by atoms with E-state index in [1.807, 2.05) is 54.3 Å². The lowest BCUT2D eigenvalue weighted by Crippen LogP contribution is -2.52. The Morgan fingerprint density at radius 2 is 1.62 bits per heavy atom. The fourth-order valence-electron chi connectivity index (χ4n) is 4.24. The Morgan fingerprint density at radius 1 is 1.00 bits per heavy atom. The first kappa shape index (κ1) is 25.6. The molecule has 2 aromatic carbocycles. The second-order valence-corrected chi connectivity index (χ2v) is 8.81. The molecule has 7 nitrogen and oxygen atoms in total. The Hall–Kier alpha value is -3.03. The molecule has 0 aromatic heterocycles. The van der Waals surface area contributed by atoms with Gasteiger partial charge in [0, 0.05) is 6.04 Å². The quantitative estimate of drug-likeness (QED) is 0.309. The van der Waals surface area contributed by atoms with Crippen LogP contribution in [-0.2, 0) is 43.1 Å². The lowest BCUT2D eigenvalue weighted by molar-refractivity contribution is -0.163. The maximum atomic E-state index is 13.3. The molecule has 3 rings (SSSR count). The summed E-state index contributed by atoms with van der Waals surface area (Å²) in [6.45, 7) is 3.61. The van der Waals surface area contributed by atoms with E-state index in [0.29, 0.717) is 25.9 Å². The summed E-state index contributed by atoms with van der Waals surface area (Å²) in [5.41, 5.74) is 8.90. The largest absolute Gasteiger partial charge is 0.465 e. The third kappa shape index (κ3) is 6.98. The summed E-state index contributed by atoms with van der Waals surface area (Å²) >= 11 is 0. The van der Waals surface area contributed by atoms with Crippen LogP contribution in [0, 0.1) is 0 Å². The highest BCUT2D eigenvalue weighted by Gasteiger charge is 2.37. The van der Waals surface area contributed by atoms with E-state index in [4.69, 9.17) is 15.2 Å². The molecule has 1 unspecified atom stereocenters. The maximum absolute atomic E-state index is 13.3. The Kier molecular flexibility index (Phi) is 9.36. The molecule has 34 heavy (non-hydrogen) atoms. The van der Waals surface area contributed by atoms with Gasteiger partial charge in [-0.15, -0.1) is 0 Å². The summed E-state index contributed by atoms with van der Waals surface area (Å²) in [5, 5.41) is 0. The fraction of sp³-hybridized carbons (Fsp3) is 0.444. The Labute approximate surface area is 201 Å². The van der Waals surface area contributed by atoms with Crippen molar-refractivity contribution in [3.05, 3.63) is 71.3 Å². The van der Waals surface area contributed by atoms with Gasteiger partial charge in [0.05, 0.1) is 13.2 Å². The van der Waals surface area contributed by atoms with Gasteiger partial charge in [-0.25, -0.2) is 4.79 Å². The number of carbonyl (C=O) groups excluding carboxylic acids is 3. The summed E-state index contributed by atoms with van der Waals surface area (Å²) < 4.78 is 10.6. The van der Waals surface area contributed by atoms with Crippen molar-refractivity contribution < 1.29 is 23.9 Å². The first-order valence-corrected chi connectivity index (χ1v) is 11.9. The molecule has 0 radical (unpaired) electrons. The van der Waals surface area contributed by atoms with Gasteiger partial charge in [-0.05, 0) is 49.3 Å². The summed E-state index contributed by atoms with van der Waals surface area (Å²) in [7, 11) is 0. The van der Waals surface area contributed by atoms with Crippen LogP contribution >= 0.6 is 0 Å². The number of ether oxygens (including phenoxy) is 2. The summed E-state index contributed by atoms with van der Waals surface area (Å²) in [6, 6.07) is 16.0. The molecular formula is C27H34N2O5. The van der Waals surface area contributed by atoms with Crippen molar-refractivity contribution in [2.45, 2.75) is 64.1 Å². The number of esters is 3. The number of hydrogen-bond donors (Lipinski definition) is 1. The molecule has 0 heterocycles. The van der Waals surface area contributed by atoms with Crippen molar-refractivity contribution in [2.75, 3.05) is 13.2 Å². The summed E-state index contributed by atoms with van der Waals surface area (Å²) in [6.07, 6.45) is 3.44. The Bertz CT molecular complexity index is 951. The van der Waals surface area contributed by atoms with Gasteiger partial charge in [0.25, 0.3) is 0 Å². The Balaban J connectivity index is 1.88. The van der Waals surface area contributed by atoms with E-state index < -0.39 is 24.0 Å². The third-order valence-corrected chi connectivity index (χ3v) is 6.08.